The van der Waals surface area contributed by atoms with Gasteiger partial charge in [-0.05, 0) is 0 Å². The molecule has 0 aliphatic heterocycles. The summed E-state index contributed by atoms with van der Waals surface area (Å²) in [7, 11) is 0.158. The summed E-state index contributed by atoms with van der Waals surface area (Å²) in [5.41, 5.74) is 0. The second-order valence-corrected chi connectivity index (χ2v) is 2.49. The maximum atomic E-state index is 12.5. The first kappa shape index (κ1) is 14.9. The molecule has 0 N–H and O–H groups in total. The Morgan fingerprint density at radius 1 is 1.06 bits per heavy atom. The molecule has 0 atom stereocenters. The molecule has 0 heterocycles. The summed E-state index contributed by atoms with van der Waals surface area (Å²) in [4.78, 5) is 10.3. The van der Waals surface area contributed by atoms with Crippen LogP contribution in [0.1, 0.15) is 0 Å². The lowest BCUT2D eigenvalue weighted by atomic mass is 10.3. The molecule has 0 fully saturated rings. The lowest BCUT2D eigenvalue weighted by Crippen LogP contribution is -2.49. The molecule has 0 aromatic carbocycles. The molecule has 0 unspecified atom stereocenters. The summed E-state index contributed by atoms with van der Waals surface area (Å²) >= 11 is 0. The van der Waals surface area contributed by atoms with E-state index < -0.39 is 30.8 Å². The van der Waals surface area contributed by atoms with Gasteiger partial charge in [0.05, 0.1) is 0 Å². The minimum atomic E-state index is -5.49. The van der Waals surface area contributed by atoms with Crippen LogP contribution < -0.4 is 0 Å². The average molecular weight is 258 g/mol. The van der Waals surface area contributed by atoms with Gasteiger partial charge in [-0.15, -0.1) is 0 Å². The third-order valence-corrected chi connectivity index (χ3v) is 1.25. The van der Waals surface area contributed by atoms with E-state index in [9.17, 15) is 35.5 Å². The van der Waals surface area contributed by atoms with E-state index in [0.29, 0.717) is 0 Å². The predicted octanol–water partition coefficient (Wildman–Crippen LogP) is 1.97. The standard InChI is InChI=1S/C6H5F7O3/c1-15-6(12,13)5(10,11)3(14)16-2-4(7,8)9/h2H2,1H3. The van der Waals surface area contributed by atoms with E-state index in [4.69, 9.17) is 0 Å². The van der Waals surface area contributed by atoms with Gasteiger partial charge in [-0.2, -0.15) is 30.7 Å². The van der Waals surface area contributed by atoms with Crippen LogP contribution in [0.4, 0.5) is 30.7 Å². The van der Waals surface area contributed by atoms with Crippen molar-refractivity contribution in [2.75, 3.05) is 13.7 Å². The number of carbonyl (C=O) groups excluding carboxylic acids is 1. The monoisotopic (exact) mass is 258 g/mol. The zero-order valence-electron chi connectivity index (χ0n) is 7.58. The van der Waals surface area contributed by atoms with E-state index in [0.717, 1.165) is 0 Å². The van der Waals surface area contributed by atoms with Crippen LogP contribution in [-0.4, -0.2) is 37.9 Å². The van der Waals surface area contributed by atoms with Crippen molar-refractivity contribution in [3.05, 3.63) is 0 Å². The van der Waals surface area contributed by atoms with Gasteiger partial charge < -0.3 is 9.47 Å². The van der Waals surface area contributed by atoms with Crippen molar-refractivity contribution in [1.82, 2.24) is 0 Å². The summed E-state index contributed by atoms with van der Waals surface area (Å²) in [6.07, 6.45) is -10.3. The summed E-state index contributed by atoms with van der Waals surface area (Å²) < 4.78 is 89.7. The fourth-order valence-corrected chi connectivity index (χ4v) is 0.485. The lowest BCUT2D eigenvalue weighted by molar-refractivity contribution is -0.331. The quantitative estimate of drug-likeness (QED) is 0.571. The minimum absolute atomic E-state index is 0.158. The number of carbonyl (C=O) groups is 1. The fourth-order valence-electron chi connectivity index (χ4n) is 0.485. The number of rotatable bonds is 4. The first-order valence-electron chi connectivity index (χ1n) is 3.49. The van der Waals surface area contributed by atoms with Crippen molar-refractivity contribution >= 4 is 5.97 Å². The van der Waals surface area contributed by atoms with Crippen molar-refractivity contribution in [3.8, 4) is 0 Å². The van der Waals surface area contributed by atoms with Gasteiger partial charge in [-0.25, -0.2) is 4.79 Å². The Hall–Kier alpha value is -1.06. The first-order valence-corrected chi connectivity index (χ1v) is 3.49. The molecule has 16 heavy (non-hydrogen) atoms. The Bertz CT molecular complexity index is 259. The molecule has 0 bridgehead atoms. The number of methoxy groups -OCH3 is 1. The molecule has 0 aliphatic carbocycles. The molecule has 0 aliphatic rings. The van der Waals surface area contributed by atoms with Crippen LogP contribution in [0.2, 0.25) is 0 Å². The molecule has 96 valence electrons. The zero-order chi connectivity index (χ0) is 13.2. The largest absolute Gasteiger partial charge is 0.451 e. The van der Waals surface area contributed by atoms with E-state index in [1.807, 2.05) is 0 Å². The van der Waals surface area contributed by atoms with Crippen LogP contribution in [0.15, 0.2) is 0 Å². The van der Waals surface area contributed by atoms with Crippen molar-refractivity contribution in [1.29, 1.82) is 0 Å². The highest BCUT2D eigenvalue weighted by atomic mass is 19.4. The molecule has 0 aromatic heterocycles. The highest BCUT2D eigenvalue weighted by Crippen LogP contribution is 2.36. The number of alkyl halides is 7. The molecule has 0 amide bonds. The molecular formula is C6H5F7O3. The normalized spacial score (nSPS) is 13.8. The second-order valence-electron chi connectivity index (χ2n) is 2.49. The maximum absolute atomic E-state index is 12.5. The molecule has 0 rings (SSSR count). The van der Waals surface area contributed by atoms with E-state index in [1.54, 1.807) is 0 Å². The molecule has 0 saturated heterocycles. The van der Waals surface area contributed by atoms with Crippen LogP contribution in [-0.2, 0) is 14.3 Å². The summed E-state index contributed by atoms with van der Waals surface area (Å²) in [6.45, 7) is -2.39. The first-order chi connectivity index (χ1) is 6.94. The van der Waals surface area contributed by atoms with Crippen LogP contribution >= 0.6 is 0 Å². The van der Waals surface area contributed by atoms with E-state index in [1.165, 1.54) is 0 Å². The van der Waals surface area contributed by atoms with Gasteiger partial charge in [-0.1, -0.05) is 0 Å². The SMILES string of the molecule is COC(F)(F)C(F)(F)C(=O)OCC(F)(F)F. The third-order valence-electron chi connectivity index (χ3n) is 1.25. The van der Waals surface area contributed by atoms with Gasteiger partial charge in [0.2, 0.25) is 0 Å². The zero-order valence-corrected chi connectivity index (χ0v) is 7.58. The van der Waals surface area contributed by atoms with Crippen LogP contribution in [0, 0.1) is 0 Å². The average Bonchev–Trinajstić information content (AvgIpc) is 2.12. The Labute approximate surface area is 84.1 Å². The molecule has 0 saturated carbocycles. The van der Waals surface area contributed by atoms with Crippen molar-refractivity contribution < 1.29 is 45.0 Å². The van der Waals surface area contributed by atoms with Crippen LogP contribution in [0.25, 0.3) is 0 Å². The van der Waals surface area contributed by atoms with Gasteiger partial charge in [0.15, 0.2) is 6.61 Å². The van der Waals surface area contributed by atoms with Gasteiger partial charge in [0.1, 0.15) is 0 Å². The molecule has 3 nitrogen and oxygen atoms in total. The molecule has 0 radical (unpaired) electrons. The Kier molecular flexibility index (Phi) is 4.14. The van der Waals surface area contributed by atoms with E-state index in [-0.39, 0.29) is 7.11 Å². The number of ether oxygens (including phenoxy) is 2. The van der Waals surface area contributed by atoms with Gasteiger partial charge in [-0.3, -0.25) is 0 Å². The highest BCUT2D eigenvalue weighted by Gasteiger charge is 2.65. The van der Waals surface area contributed by atoms with E-state index in [2.05, 4.69) is 9.47 Å². The van der Waals surface area contributed by atoms with Crippen LogP contribution in [0.3, 0.4) is 0 Å². The summed E-state index contributed by atoms with van der Waals surface area (Å²) in [5, 5.41) is 0. The molecule has 0 spiro atoms. The van der Waals surface area contributed by atoms with Crippen molar-refractivity contribution in [3.63, 3.8) is 0 Å². The fraction of sp³-hybridized carbons (Fsp3) is 0.833. The maximum Gasteiger partial charge on any atom is 0.431 e. The topological polar surface area (TPSA) is 35.5 Å². The smallest absolute Gasteiger partial charge is 0.431 e. The molecule has 0 aromatic rings. The number of hydrogen-bond acceptors (Lipinski definition) is 3. The number of halogens is 7. The van der Waals surface area contributed by atoms with Crippen molar-refractivity contribution in [2.24, 2.45) is 0 Å². The Morgan fingerprint density at radius 2 is 1.50 bits per heavy atom. The predicted molar refractivity (Wildman–Crippen MR) is 33.9 cm³/mol. The summed E-state index contributed by atoms with van der Waals surface area (Å²) in [6, 6.07) is 0. The minimum Gasteiger partial charge on any atom is -0.451 e. The molecular weight excluding hydrogens is 253 g/mol. The highest BCUT2D eigenvalue weighted by molar-refractivity contribution is 5.78. The Balaban J connectivity index is 4.60. The lowest BCUT2D eigenvalue weighted by Gasteiger charge is -2.22. The van der Waals surface area contributed by atoms with Gasteiger partial charge in [0, 0.05) is 7.11 Å². The van der Waals surface area contributed by atoms with Crippen LogP contribution in [0.5, 0.6) is 0 Å². The van der Waals surface area contributed by atoms with Crippen molar-refractivity contribution in [2.45, 2.75) is 18.2 Å². The van der Waals surface area contributed by atoms with Gasteiger partial charge in [0.25, 0.3) is 0 Å². The summed E-state index contributed by atoms with van der Waals surface area (Å²) in [5.74, 6) is -8.51. The molecule has 10 heteroatoms. The Morgan fingerprint density at radius 3 is 1.81 bits per heavy atom. The number of hydrogen-bond donors (Lipinski definition) is 0. The van der Waals surface area contributed by atoms with Gasteiger partial charge >= 0.3 is 24.2 Å². The van der Waals surface area contributed by atoms with E-state index >= 15 is 0 Å². The third kappa shape index (κ3) is 3.51. The second kappa shape index (κ2) is 4.44. The number of esters is 1.